The molecule has 3 heteroatoms. The Morgan fingerprint density at radius 2 is 2.16 bits per heavy atom. The van der Waals surface area contributed by atoms with Crippen molar-refractivity contribution < 1.29 is 9.47 Å². The Morgan fingerprint density at radius 3 is 2.89 bits per heavy atom. The van der Waals surface area contributed by atoms with E-state index in [1.54, 1.807) is 7.11 Å². The molecule has 0 amide bonds. The van der Waals surface area contributed by atoms with Crippen LogP contribution in [0.4, 0.5) is 0 Å². The Bertz CT molecular complexity index is 417. The van der Waals surface area contributed by atoms with Crippen molar-refractivity contribution in [2.75, 3.05) is 13.7 Å². The van der Waals surface area contributed by atoms with E-state index in [-0.39, 0.29) is 11.6 Å². The molecular weight excluding hydrogens is 238 g/mol. The van der Waals surface area contributed by atoms with Crippen molar-refractivity contribution in [1.29, 1.82) is 0 Å². The van der Waals surface area contributed by atoms with Crippen LogP contribution in [-0.4, -0.2) is 25.4 Å². The number of benzene rings is 1. The summed E-state index contributed by atoms with van der Waals surface area (Å²) in [6.07, 6.45) is 2.95. The number of para-hydroxylation sites is 1. The summed E-state index contributed by atoms with van der Waals surface area (Å²) >= 11 is 0. The van der Waals surface area contributed by atoms with Crippen molar-refractivity contribution >= 4 is 0 Å². The average Bonchev–Trinajstić information content (AvgIpc) is 2.44. The maximum absolute atomic E-state index is 6.41. The summed E-state index contributed by atoms with van der Waals surface area (Å²) in [6, 6.07) is 8.42. The Hall–Kier alpha value is -1.06. The second kappa shape index (κ2) is 5.93. The SMILES string of the molecule is COC(C)(C)CCC(N)C1CCOc2ccccc21. The molecule has 2 atom stereocenters. The maximum atomic E-state index is 6.41. The lowest BCUT2D eigenvalue weighted by Gasteiger charge is -2.32. The van der Waals surface area contributed by atoms with Crippen molar-refractivity contribution in [3.05, 3.63) is 29.8 Å². The number of nitrogens with two attached hydrogens (primary N) is 1. The molecule has 0 bridgehead atoms. The second-order valence-electron chi connectivity index (χ2n) is 5.95. The molecule has 0 spiro atoms. The first-order valence-electron chi connectivity index (χ1n) is 7.06. The lowest BCUT2D eigenvalue weighted by Crippen LogP contribution is -2.34. The van der Waals surface area contributed by atoms with Crippen LogP contribution in [0.25, 0.3) is 0 Å². The number of methoxy groups -OCH3 is 1. The summed E-state index contributed by atoms with van der Waals surface area (Å²) in [5.41, 5.74) is 7.58. The first-order chi connectivity index (χ1) is 9.03. The summed E-state index contributed by atoms with van der Waals surface area (Å²) in [5, 5.41) is 0. The predicted octanol–water partition coefficient (Wildman–Crippen LogP) is 3.09. The molecule has 1 aliphatic rings. The molecule has 1 aromatic rings. The molecule has 1 heterocycles. The zero-order valence-electron chi connectivity index (χ0n) is 12.2. The summed E-state index contributed by atoms with van der Waals surface area (Å²) < 4.78 is 11.2. The Balaban J connectivity index is 2.03. The van der Waals surface area contributed by atoms with Gasteiger partial charge in [0.2, 0.25) is 0 Å². The van der Waals surface area contributed by atoms with Crippen molar-refractivity contribution in [2.24, 2.45) is 5.73 Å². The minimum atomic E-state index is -0.0949. The summed E-state index contributed by atoms with van der Waals surface area (Å²) in [6.45, 7) is 4.98. The number of rotatable bonds is 5. The summed E-state index contributed by atoms with van der Waals surface area (Å²) in [4.78, 5) is 0. The maximum Gasteiger partial charge on any atom is 0.122 e. The third kappa shape index (κ3) is 3.48. The Labute approximate surface area is 116 Å². The van der Waals surface area contributed by atoms with Gasteiger partial charge in [-0.2, -0.15) is 0 Å². The van der Waals surface area contributed by atoms with Gasteiger partial charge in [0, 0.05) is 19.1 Å². The van der Waals surface area contributed by atoms with E-state index in [1.165, 1.54) is 5.56 Å². The van der Waals surface area contributed by atoms with Crippen LogP contribution in [0.2, 0.25) is 0 Å². The molecule has 3 nitrogen and oxygen atoms in total. The van der Waals surface area contributed by atoms with Crippen LogP contribution in [-0.2, 0) is 4.74 Å². The lowest BCUT2D eigenvalue weighted by molar-refractivity contribution is 0.0117. The zero-order valence-corrected chi connectivity index (χ0v) is 12.2. The standard InChI is InChI=1S/C16H25NO2/c1-16(2,18-3)10-8-14(17)12-9-11-19-15-7-5-4-6-13(12)15/h4-7,12,14H,8-11,17H2,1-3H3. The van der Waals surface area contributed by atoms with Gasteiger partial charge in [-0.15, -0.1) is 0 Å². The Kier molecular flexibility index (Phi) is 4.48. The average molecular weight is 263 g/mol. The van der Waals surface area contributed by atoms with E-state index in [0.29, 0.717) is 5.92 Å². The smallest absolute Gasteiger partial charge is 0.122 e. The highest BCUT2D eigenvalue weighted by atomic mass is 16.5. The van der Waals surface area contributed by atoms with Crippen LogP contribution >= 0.6 is 0 Å². The van der Waals surface area contributed by atoms with Gasteiger partial charge in [0.15, 0.2) is 0 Å². The van der Waals surface area contributed by atoms with Crippen LogP contribution in [0.5, 0.6) is 5.75 Å². The first-order valence-corrected chi connectivity index (χ1v) is 7.06. The van der Waals surface area contributed by atoms with Gasteiger partial charge in [0.05, 0.1) is 12.2 Å². The molecular formula is C16H25NO2. The van der Waals surface area contributed by atoms with Gasteiger partial charge in [-0.3, -0.25) is 0 Å². The quantitative estimate of drug-likeness (QED) is 0.888. The molecule has 0 aromatic heterocycles. The fraction of sp³-hybridized carbons (Fsp3) is 0.625. The molecule has 2 rings (SSSR count). The summed E-state index contributed by atoms with van der Waals surface area (Å²) in [5.74, 6) is 1.40. The largest absolute Gasteiger partial charge is 0.493 e. The zero-order chi connectivity index (χ0) is 13.9. The van der Waals surface area contributed by atoms with Gasteiger partial charge < -0.3 is 15.2 Å². The molecule has 2 N–H and O–H groups in total. The minimum absolute atomic E-state index is 0.0949. The van der Waals surface area contributed by atoms with Crippen molar-refractivity contribution in [2.45, 2.75) is 50.7 Å². The van der Waals surface area contributed by atoms with E-state index in [4.69, 9.17) is 15.2 Å². The minimum Gasteiger partial charge on any atom is -0.493 e. The highest BCUT2D eigenvalue weighted by molar-refractivity contribution is 5.38. The number of ether oxygens (including phenoxy) is 2. The topological polar surface area (TPSA) is 44.5 Å². The van der Waals surface area contributed by atoms with Gasteiger partial charge in [0.1, 0.15) is 5.75 Å². The third-order valence-electron chi connectivity index (χ3n) is 4.15. The van der Waals surface area contributed by atoms with E-state index in [1.807, 2.05) is 12.1 Å². The van der Waals surface area contributed by atoms with E-state index in [2.05, 4.69) is 26.0 Å². The summed E-state index contributed by atoms with van der Waals surface area (Å²) in [7, 11) is 1.76. The van der Waals surface area contributed by atoms with E-state index < -0.39 is 0 Å². The number of fused-ring (bicyclic) bond motifs is 1. The number of hydrogen-bond donors (Lipinski definition) is 1. The molecule has 0 saturated carbocycles. The van der Waals surface area contributed by atoms with Crippen LogP contribution in [0.3, 0.4) is 0 Å². The molecule has 106 valence electrons. The van der Waals surface area contributed by atoms with Crippen molar-refractivity contribution in [3.8, 4) is 5.75 Å². The molecule has 0 radical (unpaired) electrons. The molecule has 19 heavy (non-hydrogen) atoms. The van der Waals surface area contributed by atoms with E-state index in [0.717, 1.165) is 31.6 Å². The molecule has 0 aliphatic carbocycles. The third-order valence-corrected chi connectivity index (χ3v) is 4.15. The normalized spacial score (nSPS) is 20.5. The number of hydrogen-bond acceptors (Lipinski definition) is 3. The van der Waals surface area contributed by atoms with E-state index in [9.17, 15) is 0 Å². The van der Waals surface area contributed by atoms with Gasteiger partial charge in [-0.05, 0) is 44.7 Å². The van der Waals surface area contributed by atoms with E-state index >= 15 is 0 Å². The van der Waals surface area contributed by atoms with Gasteiger partial charge in [-0.25, -0.2) is 0 Å². The lowest BCUT2D eigenvalue weighted by atomic mass is 9.83. The molecule has 1 aromatic carbocycles. The monoisotopic (exact) mass is 263 g/mol. The molecule has 1 aliphatic heterocycles. The van der Waals surface area contributed by atoms with Crippen LogP contribution in [0.15, 0.2) is 24.3 Å². The molecule has 0 fully saturated rings. The van der Waals surface area contributed by atoms with Crippen molar-refractivity contribution in [1.82, 2.24) is 0 Å². The molecule has 2 unspecified atom stereocenters. The molecule has 0 saturated heterocycles. The van der Waals surface area contributed by atoms with Crippen LogP contribution in [0.1, 0.15) is 44.6 Å². The predicted molar refractivity (Wildman–Crippen MR) is 77.6 cm³/mol. The van der Waals surface area contributed by atoms with Crippen LogP contribution < -0.4 is 10.5 Å². The highest BCUT2D eigenvalue weighted by Crippen LogP contribution is 2.36. The Morgan fingerprint density at radius 1 is 1.42 bits per heavy atom. The van der Waals surface area contributed by atoms with Crippen molar-refractivity contribution in [3.63, 3.8) is 0 Å². The fourth-order valence-electron chi connectivity index (χ4n) is 2.63. The second-order valence-corrected chi connectivity index (χ2v) is 5.95. The van der Waals surface area contributed by atoms with Gasteiger partial charge >= 0.3 is 0 Å². The van der Waals surface area contributed by atoms with Gasteiger partial charge in [0.25, 0.3) is 0 Å². The van der Waals surface area contributed by atoms with Gasteiger partial charge in [-0.1, -0.05) is 18.2 Å². The first kappa shape index (κ1) is 14.4. The van der Waals surface area contributed by atoms with Crippen LogP contribution in [0, 0.1) is 0 Å². The highest BCUT2D eigenvalue weighted by Gasteiger charge is 2.28. The fourth-order valence-corrected chi connectivity index (χ4v) is 2.63.